The highest BCUT2D eigenvalue weighted by atomic mass is 16.5. The van der Waals surface area contributed by atoms with Crippen molar-refractivity contribution < 1.29 is 9.53 Å². The van der Waals surface area contributed by atoms with Crippen molar-refractivity contribution in [2.45, 2.75) is 26.3 Å². The van der Waals surface area contributed by atoms with Crippen LogP contribution in [-0.2, 0) is 11.3 Å². The summed E-state index contributed by atoms with van der Waals surface area (Å²) >= 11 is 0. The van der Waals surface area contributed by atoms with E-state index >= 15 is 0 Å². The normalized spacial score (nSPS) is 10.5. The largest absolute Gasteiger partial charge is 0.497 e. The number of ether oxygens (including phenoxy) is 1. The summed E-state index contributed by atoms with van der Waals surface area (Å²) < 4.78 is 6.56. The number of nitrogens with one attached hydrogen (secondary N) is 1. The predicted molar refractivity (Wildman–Crippen MR) is 110 cm³/mol. The highest BCUT2D eigenvalue weighted by Crippen LogP contribution is 2.19. The van der Waals surface area contributed by atoms with Gasteiger partial charge in [-0.05, 0) is 61.4 Å². The number of methoxy groups -OCH3 is 1. The molecule has 2 aromatic carbocycles. The minimum Gasteiger partial charge on any atom is -0.497 e. The Morgan fingerprint density at radius 1 is 1.11 bits per heavy atom. The number of hydrogen-bond donors (Lipinski definition) is 1. The fourth-order valence-corrected chi connectivity index (χ4v) is 2.86. The number of hydrogen-bond acceptors (Lipinski definition) is 4. The molecule has 1 amide bonds. The molecule has 0 saturated carbocycles. The van der Waals surface area contributed by atoms with Crippen molar-refractivity contribution in [3.63, 3.8) is 0 Å². The van der Waals surface area contributed by atoms with Crippen LogP contribution in [-0.4, -0.2) is 22.8 Å². The molecule has 144 valence electrons. The maximum Gasteiger partial charge on any atom is 0.266 e. The van der Waals surface area contributed by atoms with E-state index in [1.807, 2.05) is 55.5 Å². The van der Waals surface area contributed by atoms with Gasteiger partial charge in [-0.15, -0.1) is 0 Å². The van der Waals surface area contributed by atoms with E-state index < -0.39 is 0 Å². The number of anilines is 1. The summed E-state index contributed by atoms with van der Waals surface area (Å²) in [5, 5.41) is 7.30. The smallest absolute Gasteiger partial charge is 0.266 e. The molecule has 3 aromatic rings. The lowest BCUT2D eigenvalue weighted by Crippen LogP contribution is -2.23. The molecule has 0 aliphatic rings. The van der Waals surface area contributed by atoms with Gasteiger partial charge < -0.3 is 10.1 Å². The molecule has 0 unspecified atom stereocenters. The molecular weight excluding hydrogens is 354 g/mol. The lowest BCUT2D eigenvalue weighted by atomic mass is 10.1. The van der Waals surface area contributed by atoms with Crippen LogP contribution in [0, 0.1) is 6.92 Å². The second-order valence-electron chi connectivity index (χ2n) is 6.53. The Hall–Kier alpha value is -3.41. The fourth-order valence-electron chi connectivity index (χ4n) is 2.86. The third kappa shape index (κ3) is 5.07. The van der Waals surface area contributed by atoms with Gasteiger partial charge in [0.15, 0.2) is 0 Å². The van der Waals surface area contributed by atoms with Crippen LogP contribution in [0.25, 0.3) is 11.3 Å². The molecule has 3 rings (SSSR count). The van der Waals surface area contributed by atoms with Gasteiger partial charge in [0.05, 0.1) is 12.8 Å². The van der Waals surface area contributed by atoms with E-state index in [1.54, 1.807) is 13.2 Å². The van der Waals surface area contributed by atoms with E-state index in [2.05, 4.69) is 10.4 Å². The summed E-state index contributed by atoms with van der Waals surface area (Å²) in [6.07, 6.45) is 0.839. The second kappa shape index (κ2) is 8.99. The van der Waals surface area contributed by atoms with Crippen LogP contribution in [0.2, 0.25) is 0 Å². The van der Waals surface area contributed by atoms with Crippen LogP contribution in [0.3, 0.4) is 0 Å². The molecule has 1 heterocycles. The van der Waals surface area contributed by atoms with E-state index in [0.29, 0.717) is 25.1 Å². The van der Waals surface area contributed by atoms with E-state index in [0.717, 1.165) is 22.6 Å². The Morgan fingerprint density at radius 2 is 1.89 bits per heavy atom. The van der Waals surface area contributed by atoms with Gasteiger partial charge in [0.25, 0.3) is 5.56 Å². The topological polar surface area (TPSA) is 73.2 Å². The van der Waals surface area contributed by atoms with Crippen LogP contribution in [0.5, 0.6) is 5.75 Å². The third-order valence-electron chi connectivity index (χ3n) is 4.33. The summed E-state index contributed by atoms with van der Waals surface area (Å²) in [5.74, 6) is 0.682. The first-order chi connectivity index (χ1) is 13.5. The number of carbonyl (C=O) groups is 1. The molecule has 1 N–H and O–H groups in total. The zero-order valence-electron chi connectivity index (χ0n) is 16.0. The van der Waals surface area contributed by atoms with Crippen molar-refractivity contribution in [3.8, 4) is 17.0 Å². The van der Waals surface area contributed by atoms with E-state index in [4.69, 9.17) is 4.74 Å². The average Bonchev–Trinajstić information content (AvgIpc) is 2.69. The lowest BCUT2D eigenvalue weighted by molar-refractivity contribution is -0.116. The first-order valence-corrected chi connectivity index (χ1v) is 9.14. The molecule has 6 heteroatoms. The highest BCUT2D eigenvalue weighted by molar-refractivity contribution is 5.90. The Balaban J connectivity index is 1.60. The minimum absolute atomic E-state index is 0.0787. The number of rotatable bonds is 7. The average molecular weight is 377 g/mol. The van der Waals surface area contributed by atoms with Gasteiger partial charge >= 0.3 is 0 Å². The van der Waals surface area contributed by atoms with Crippen molar-refractivity contribution in [2.75, 3.05) is 12.4 Å². The third-order valence-corrected chi connectivity index (χ3v) is 4.33. The van der Waals surface area contributed by atoms with Gasteiger partial charge in [-0.25, -0.2) is 4.68 Å². The van der Waals surface area contributed by atoms with Gasteiger partial charge in [-0.2, -0.15) is 5.10 Å². The quantitative estimate of drug-likeness (QED) is 0.682. The second-order valence-corrected chi connectivity index (χ2v) is 6.53. The monoisotopic (exact) mass is 377 g/mol. The van der Waals surface area contributed by atoms with Gasteiger partial charge in [0.1, 0.15) is 5.75 Å². The number of carbonyl (C=O) groups excluding carboxylic acids is 1. The number of aromatic nitrogens is 2. The van der Waals surface area contributed by atoms with E-state index in [1.165, 1.54) is 10.7 Å². The Morgan fingerprint density at radius 3 is 2.61 bits per heavy atom. The molecule has 0 radical (unpaired) electrons. The number of aryl methyl sites for hydroxylation is 2. The Labute approximate surface area is 163 Å². The molecule has 0 bridgehead atoms. The molecule has 0 saturated heterocycles. The van der Waals surface area contributed by atoms with Crippen LogP contribution in [0.4, 0.5) is 5.69 Å². The van der Waals surface area contributed by atoms with Crippen LogP contribution in [0.1, 0.15) is 18.4 Å². The minimum atomic E-state index is -0.184. The Kier molecular flexibility index (Phi) is 6.22. The molecule has 1 aromatic heterocycles. The van der Waals surface area contributed by atoms with Crippen LogP contribution < -0.4 is 15.6 Å². The zero-order valence-corrected chi connectivity index (χ0v) is 16.0. The molecule has 0 aliphatic heterocycles. The van der Waals surface area contributed by atoms with Crippen molar-refractivity contribution >= 4 is 11.6 Å². The van der Waals surface area contributed by atoms with E-state index in [-0.39, 0.29) is 11.5 Å². The van der Waals surface area contributed by atoms with Crippen LogP contribution >= 0.6 is 0 Å². The SMILES string of the molecule is COc1ccc(-c2ccc(=O)n(CCCC(=O)Nc3cccc(C)c3)n2)cc1. The van der Waals surface area contributed by atoms with Gasteiger partial charge in [0.2, 0.25) is 5.91 Å². The van der Waals surface area contributed by atoms with E-state index in [9.17, 15) is 9.59 Å². The standard InChI is InChI=1S/C22H23N3O3/c1-16-5-3-6-18(15-16)23-21(26)7-4-14-25-22(27)13-12-20(24-25)17-8-10-19(28-2)11-9-17/h3,5-6,8-13,15H,4,7,14H2,1-2H3,(H,23,26). The number of benzene rings is 2. The zero-order chi connectivity index (χ0) is 19.9. The lowest BCUT2D eigenvalue weighted by Gasteiger charge is -2.09. The van der Waals surface area contributed by atoms with Gasteiger partial charge in [-0.1, -0.05) is 12.1 Å². The summed E-state index contributed by atoms with van der Waals surface area (Å²) in [6.45, 7) is 2.35. The maximum atomic E-state index is 12.1. The highest BCUT2D eigenvalue weighted by Gasteiger charge is 2.06. The molecule has 0 spiro atoms. The summed E-state index contributed by atoms with van der Waals surface area (Å²) in [6, 6.07) is 18.3. The van der Waals surface area contributed by atoms with Crippen LogP contribution in [0.15, 0.2) is 65.5 Å². The maximum absolute atomic E-state index is 12.1. The van der Waals surface area contributed by atoms with Crippen molar-refractivity contribution in [2.24, 2.45) is 0 Å². The predicted octanol–water partition coefficient (Wildman–Crippen LogP) is 3.65. The summed E-state index contributed by atoms with van der Waals surface area (Å²) in [4.78, 5) is 24.2. The van der Waals surface area contributed by atoms with Gasteiger partial charge in [0, 0.05) is 30.3 Å². The number of nitrogens with zero attached hydrogens (tertiary/aromatic N) is 2. The van der Waals surface area contributed by atoms with Crippen molar-refractivity contribution in [1.29, 1.82) is 0 Å². The van der Waals surface area contributed by atoms with Crippen molar-refractivity contribution in [1.82, 2.24) is 9.78 Å². The fraction of sp³-hybridized carbons (Fsp3) is 0.227. The molecular formula is C22H23N3O3. The van der Waals surface area contributed by atoms with Crippen molar-refractivity contribution in [3.05, 3.63) is 76.6 Å². The molecule has 6 nitrogen and oxygen atoms in total. The summed E-state index contributed by atoms with van der Waals surface area (Å²) in [5.41, 5.74) is 3.28. The molecule has 0 aliphatic carbocycles. The molecule has 28 heavy (non-hydrogen) atoms. The Bertz CT molecular complexity index is 1010. The van der Waals surface area contributed by atoms with Gasteiger partial charge in [-0.3, -0.25) is 9.59 Å². The summed E-state index contributed by atoms with van der Waals surface area (Å²) in [7, 11) is 1.61. The molecule has 0 fully saturated rings. The first kappa shape index (κ1) is 19.4. The molecule has 0 atom stereocenters. The first-order valence-electron chi connectivity index (χ1n) is 9.14. The number of amides is 1.